The quantitative estimate of drug-likeness (QED) is 0.390. The van der Waals surface area contributed by atoms with Crippen LogP contribution in [0.3, 0.4) is 0 Å². The summed E-state index contributed by atoms with van der Waals surface area (Å²) in [7, 11) is 0. The third-order valence-electron chi connectivity index (χ3n) is 0.332. The van der Waals surface area contributed by atoms with E-state index in [-0.39, 0.29) is 0 Å². The molecule has 0 N–H and O–H groups in total. The molecule has 38 valence electrons. The molecule has 3 heteroatoms. The fourth-order valence-electron chi connectivity index (χ4n) is 0.115. The summed E-state index contributed by atoms with van der Waals surface area (Å²) in [5, 5.41) is 0. The van der Waals surface area contributed by atoms with E-state index in [1.54, 1.807) is 23.0 Å². The standard InChI is InChI=1S/C3H7IO2/c1-2-5-3-6-4/h2-3H2,1H3. The van der Waals surface area contributed by atoms with Crippen molar-refractivity contribution in [1.29, 1.82) is 0 Å². The molecule has 0 atom stereocenters. The Bertz CT molecular complexity index is 20.8. The molecule has 2 nitrogen and oxygen atoms in total. The Hall–Kier alpha value is 0.650. The van der Waals surface area contributed by atoms with Gasteiger partial charge in [-0.2, -0.15) is 0 Å². The van der Waals surface area contributed by atoms with Crippen LogP contribution < -0.4 is 0 Å². The molecule has 0 aliphatic rings. The van der Waals surface area contributed by atoms with Gasteiger partial charge in [-0.25, -0.2) is 0 Å². The van der Waals surface area contributed by atoms with Crippen molar-refractivity contribution in [2.75, 3.05) is 13.4 Å². The molecule has 0 aromatic carbocycles. The molecule has 0 fully saturated rings. The summed E-state index contributed by atoms with van der Waals surface area (Å²) in [5.74, 6) is 0. The van der Waals surface area contributed by atoms with Crippen LogP contribution in [0.15, 0.2) is 0 Å². The van der Waals surface area contributed by atoms with Crippen LogP contribution in [-0.4, -0.2) is 13.4 Å². The fraction of sp³-hybridized carbons (Fsp3) is 1.00. The second-order valence-corrected chi connectivity index (χ2v) is 1.34. The molecule has 0 bridgehead atoms. The molecule has 0 aromatic heterocycles. The van der Waals surface area contributed by atoms with E-state index in [9.17, 15) is 0 Å². The molecule has 6 heavy (non-hydrogen) atoms. The lowest BCUT2D eigenvalue weighted by Gasteiger charge is -1.91. The Morgan fingerprint density at radius 3 is 2.50 bits per heavy atom. The zero-order chi connectivity index (χ0) is 4.83. The second-order valence-electron chi connectivity index (χ2n) is 0.720. The lowest BCUT2D eigenvalue weighted by Crippen LogP contribution is -1.89. The van der Waals surface area contributed by atoms with E-state index >= 15 is 0 Å². The Morgan fingerprint density at radius 1 is 1.67 bits per heavy atom. The van der Waals surface area contributed by atoms with E-state index in [2.05, 4.69) is 3.07 Å². The van der Waals surface area contributed by atoms with Crippen molar-refractivity contribution in [1.82, 2.24) is 0 Å². The maximum Gasteiger partial charge on any atom is 0.157 e. The Morgan fingerprint density at radius 2 is 2.33 bits per heavy atom. The van der Waals surface area contributed by atoms with E-state index in [4.69, 9.17) is 4.74 Å². The van der Waals surface area contributed by atoms with Crippen LogP contribution in [0.4, 0.5) is 0 Å². The largest absolute Gasteiger partial charge is 0.355 e. The summed E-state index contributed by atoms with van der Waals surface area (Å²) in [6.45, 7) is 3.05. The Labute approximate surface area is 51.5 Å². The van der Waals surface area contributed by atoms with Crippen LogP contribution in [0, 0.1) is 0 Å². The average Bonchev–Trinajstić information content (AvgIpc) is 1.61. The van der Waals surface area contributed by atoms with E-state index in [1.807, 2.05) is 6.92 Å². The average molecular weight is 202 g/mol. The van der Waals surface area contributed by atoms with Crippen molar-refractivity contribution < 1.29 is 7.80 Å². The zero-order valence-electron chi connectivity index (χ0n) is 3.61. The molecule has 0 heterocycles. The zero-order valence-corrected chi connectivity index (χ0v) is 5.77. The molecule has 0 aliphatic carbocycles. The minimum absolute atomic E-state index is 0.400. The van der Waals surface area contributed by atoms with Crippen LogP contribution in [0.2, 0.25) is 0 Å². The van der Waals surface area contributed by atoms with Crippen molar-refractivity contribution in [3.05, 3.63) is 0 Å². The molecule has 0 spiro atoms. The molecule has 0 amide bonds. The highest BCUT2D eigenvalue weighted by molar-refractivity contribution is 14.1. The maximum absolute atomic E-state index is 4.75. The van der Waals surface area contributed by atoms with Gasteiger partial charge < -0.3 is 4.74 Å². The predicted molar refractivity (Wildman–Crippen MR) is 31.6 cm³/mol. The molecule has 0 aliphatic heterocycles. The molecule has 0 unspecified atom stereocenters. The van der Waals surface area contributed by atoms with E-state index < -0.39 is 0 Å². The molecule has 0 aromatic rings. The third-order valence-corrected chi connectivity index (χ3v) is 0.586. The van der Waals surface area contributed by atoms with Gasteiger partial charge in [0.2, 0.25) is 0 Å². The molecular formula is C3H7IO2. The summed E-state index contributed by atoms with van der Waals surface area (Å²) < 4.78 is 9.28. The van der Waals surface area contributed by atoms with Gasteiger partial charge in [0.1, 0.15) is 23.0 Å². The van der Waals surface area contributed by atoms with Crippen LogP contribution in [-0.2, 0) is 7.80 Å². The van der Waals surface area contributed by atoms with Gasteiger partial charge in [-0.15, -0.1) is 0 Å². The number of rotatable bonds is 3. The van der Waals surface area contributed by atoms with Gasteiger partial charge in [-0.3, -0.25) is 3.07 Å². The van der Waals surface area contributed by atoms with Crippen LogP contribution in [0.25, 0.3) is 0 Å². The van der Waals surface area contributed by atoms with E-state index in [1.165, 1.54) is 0 Å². The lowest BCUT2D eigenvalue weighted by molar-refractivity contribution is 0.0502. The highest BCUT2D eigenvalue weighted by atomic mass is 127. The third kappa shape index (κ3) is 4.65. The molecule has 0 saturated heterocycles. The van der Waals surface area contributed by atoms with Crippen molar-refractivity contribution in [3.8, 4) is 0 Å². The summed E-state index contributed by atoms with van der Waals surface area (Å²) >= 11 is 1.79. The van der Waals surface area contributed by atoms with Crippen LogP contribution >= 0.6 is 23.0 Å². The topological polar surface area (TPSA) is 18.5 Å². The number of hydrogen-bond donors (Lipinski definition) is 0. The summed E-state index contributed by atoms with van der Waals surface area (Å²) in [6.07, 6.45) is 0. The summed E-state index contributed by atoms with van der Waals surface area (Å²) in [6, 6.07) is 0. The Kier molecular flexibility index (Phi) is 6.26. The van der Waals surface area contributed by atoms with Gasteiger partial charge in [0, 0.05) is 6.61 Å². The van der Waals surface area contributed by atoms with Crippen molar-refractivity contribution in [3.63, 3.8) is 0 Å². The first-order valence-corrected chi connectivity index (χ1v) is 2.61. The molecule has 0 radical (unpaired) electrons. The smallest absolute Gasteiger partial charge is 0.157 e. The van der Waals surface area contributed by atoms with Gasteiger partial charge in [0.15, 0.2) is 6.79 Å². The highest BCUT2D eigenvalue weighted by Gasteiger charge is 1.73. The van der Waals surface area contributed by atoms with E-state index in [0.29, 0.717) is 6.79 Å². The first-order chi connectivity index (χ1) is 2.91. The maximum atomic E-state index is 4.75. The molecule has 0 rings (SSSR count). The SMILES string of the molecule is CCOCOI. The van der Waals surface area contributed by atoms with Crippen LogP contribution in [0.5, 0.6) is 0 Å². The Balaban J connectivity index is 2.34. The number of hydrogen-bond acceptors (Lipinski definition) is 2. The lowest BCUT2D eigenvalue weighted by atomic mass is 10.9. The fourth-order valence-corrected chi connectivity index (χ4v) is 0.295. The van der Waals surface area contributed by atoms with Crippen molar-refractivity contribution in [2.45, 2.75) is 6.92 Å². The van der Waals surface area contributed by atoms with Gasteiger partial charge in [-0.1, -0.05) is 0 Å². The van der Waals surface area contributed by atoms with Gasteiger partial charge in [0.05, 0.1) is 0 Å². The van der Waals surface area contributed by atoms with Gasteiger partial charge >= 0.3 is 0 Å². The van der Waals surface area contributed by atoms with Crippen molar-refractivity contribution in [2.24, 2.45) is 0 Å². The first kappa shape index (κ1) is 6.65. The molecule has 0 saturated carbocycles. The minimum Gasteiger partial charge on any atom is -0.355 e. The summed E-state index contributed by atoms with van der Waals surface area (Å²) in [5.41, 5.74) is 0. The molecular weight excluding hydrogens is 195 g/mol. The highest BCUT2D eigenvalue weighted by Crippen LogP contribution is 1.83. The predicted octanol–water partition coefficient (Wildman–Crippen LogP) is 1.35. The monoisotopic (exact) mass is 202 g/mol. The number of halogens is 1. The summed E-state index contributed by atoms with van der Waals surface area (Å²) in [4.78, 5) is 0. The number of ether oxygens (including phenoxy) is 1. The van der Waals surface area contributed by atoms with Crippen LogP contribution in [0.1, 0.15) is 6.92 Å². The van der Waals surface area contributed by atoms with Gasteiger partial charge in [-0.05, 0) is 6.92 Å². The normalized spacial score (nSPS) is 9.00. The van der Waals surface area contributed by atoms with Crippen molar-refractivity contribution >= 4 is 23.0 Å². The first-order valence-electron chi connectivity index (χ1n) is 1.73. The van der Waals surface area contributed by atoms with E-state index in [0.717, 1.165) is 6.61 Å². The second kappa shape index (κ2) is 5.65. The minimum atomic E-state index is 0.400. The van der Waals surface area contributed by atoms with Gasteiger partial charge in [0.25, 0.3) is 0 Å².